The smallest absolute Gasteiger partial charge is 0.327 e. The summed E-state index contributed by atoms with van der Waals surface area (Å²) in [6.45, 7) is -0.0268. The molecular weight excluding hydrogens is 334 g/mol. The van der Waals surface area contributed by atoms with Crippen LogP contribution in [0.3, 0.4) is 0 Å². The molecule has 0 saturated heterocycles. The second-order valence-electron chi connectivity index (χ2n) is 5.43. The number of esters is 1. The number of nitrogens with zero attached hydrogens (tertiary/aromatic N) is 3. The molecular formula is C19H19N3O4. The molecule has 0 radical (unpaired) electrons. The molecule has 0 amide bonds. The van der Waals surface area contributed by atoms with Crippen LogP contribution in [0, 0.1) is 0 Å². The molecule has 7 nitrogen and oxygen atoms in total. The molecule has 0 unspecified atom stereocenters. The summed E-state index contributed by atoms with van der Waals surface area (Å²) >= 11 is 0. The third-order valence-corrected chi connectivity index (χ3v) is 3.85. The molecule has 7 heteroatoms. The molecule has 0 spiro atoms. The zero-order valence-corrected chi connectivity index (χ0v) is 14.8. The van der Waals surface area contributed by atoms with E-state index in [0.717, 1.165) is 11.1 Å². The van der Waals surface area contributed by atoms with Gasteiger partial charge >= 0.3 is 5.97 Å². The van der Waals surface area contributed by atoms with Crippen molar-refractivity contribution in [3.05, 3.63) is 48.5 Å². The molecule has 134 valence electrons. The monoisotopic (exact) mass is 353 g/mol. The van der Waals surface area contributed by atoms with Crippen LogP contribution in [0.25, 0.3) is 22.8 Å². The predicted octanol–water partition coefficient (Wildman–Crippen LogP) is 2.80. The molecule has 3 rings (SSSR count). The summed E-state index contributed by atoms with van der Waals surface area (Å²) in [5.74, 6) is 1.87. The number of hydrogen-bond donors (Lipinski definition) is 0. The van der Waals surface area contributed by atoms with Crippen LogP contribution in [0.2, 0.25) is 0 Å². The second-order valence-corrected chi connectivity index (χ2v) is 5.43. The predicted molar refractivity (Wildman–Crippen MR) is 96.0 cm³/mol. The lowest BCUT2D eigenvalue weighted by Gasteiger charge is -2.07. The van der Waals surface area contributed by atoms with Crippen LogP contribution in [0.5, 0.6) is 11.5 Å². The Labute approximate surface area is 151 Å². The fraction of sp³-hybridized carbons (Fsp3) is 0.211. The van der Waals surface area contributed by atoms with Gasteiger partial charge in [0.25, 0.3) is 0 Å². The van der Waals surface area contributed by atoms with Crippen molar-refractivity contribution in [1.29, 1.82) is 0 Å². The van der Waals surface area contributed by atoms with Crippen molar-refractivity contribution in [3.8, 4) is 34.3 Å². The molecule has 2 aromatic carbocycles. The summed E-state index contributed by atoms with van der Waals surface area (Å²) in [7, 11) is 4.49. The molecule has 0 saturated carbocycles. The van der Waals surface area contributed by atoms with E-state index < -0.39 is 5.97 Å². The summed E-state index contributed by atoms with van der Waals surface area (Å²) in [5.41, 5.74) is 1.61. The van der Waals surface area contributed by atoms with Crippen LogP contribution >= 0.6 is 0 Å². The summed E-state index contributed by atoms with van der Waals surface area (Å²) < 4.78 is 16.9. The summed E-state index contributed by atoms with van der Waals surface area (Å²) in [6.07, 6.45) is 0. The van der Waals surface area contributed by atoms with Gasteiger partial charge in [-0.05, 0) is 18.2 Å². The first-order valence-corrected chi connectivity index (χ1v) is 7.95. The van der Waals surface area contributed by atoms with E-state index in [1.165, 1.54) is 11.8 Å². The Hall–Kier alpha value is -3.35. The van der Waals surface area contributed by atoms with Gasteiger partial charge in [-0.3, -0.25) is 4.79 Å². The average Bonchev–Trinajstić information content (AvgIpc) is 3.11. The number of hydrogen-bond acceptors (Lipinski definition) is 6. The summed E-state index contributed by atoms with van der Waals surface area (Å²) in [4.78, 5) is 16.4. The van der Waals surface area contributed by atoms with Gasteiger partial charge in [0.05, 0.1) is 21.3 Å². The molecule has 0 N–H and O–H groups in total. The highest BCUT2D eigenvalue weighted by Crippen LogP contribution is 2.32. The molecule has 1 heterocycles. The lowest BCUT2D eigenvalue weighted by atomic mass is 10.2. The zero-order valence-electron chi connectivity index (χ0n) is 14.8. The Morgan fingerprint density at radius 3 is 2.35 bits per heavy atom. The van der Waals surface area contributed by atoms with Crippen molar-refractivity contribution in [2.45, 2.75) is 6.54 Å². The number of rotatable bonds is 6. The van der Waals surface area contributed by atoms with Crippen molar-refractivity contribution in [1.82, 2.24) is 14.8 Å². The molecule has 0 fully saturated rings. The van der Waals surface area contributed by atoms with E-state index in [1.807, 2.05) is 36.4 Å². The molecule has 1 aromatic heterocycles. The lowest BCUT2D eigenvalue weighted by Crippen LogP contribution is -2.13. The van der Waals surface area contributed by atoms with Crippen molar-refractivity contribution in [3.63, 3.8) is 0 Å². The Morgan fingerprint density at radius 2 is 1.69 bits per heavy atom. The van der Waals surface area contributed by atoms with Crippen molar-refractivity contribution in [2.75, 3.05) is 21.3 Å². The number of carbonyl (C=O) groups is 1. The van der Waals surface area contributed by atoms with E-state index in [1.54, 1.807) is 26.4 Å². The van der Waals surface area contributed by atoms with Gasteiger partial charge in [-0.1, -0.05) is 30.3 Å². The van der Waals surface area contributed by atoms with Crippen LogP contribution < -0.4 is 9.47 Å². The van der Waals surface area contributed by atoms with E-state index in [4.69, 9.17) is 14.2 Å². The van der Waals surface area contributed by atoms with E-state index in [0.29, 0.717) is 23.1 Å². The van der Waals surface area contributed by atoms with Gasteiger partial charge in [0, 0.05) is 11.1 Å². The topological polar surface area (TPSA) is 75.5 Å². The number of ether oxygens (including phenoxy) is 3. The number of benzene rings is 2. The van der Waals surface area contributed by atoms with Crippen LogP contribution in [-0.2, 0) is 16.1 Å². The van der Waals surface area contributed by atoms with E-state index in [9.17, 15) is 4.79 Å². The maximum Gasteiger partial charge on any atom is 0.327 e. The van der Waals surface area contributed by atoms with Crippen LogP contribution in [-0.4, -0.2) is 42.1 Å². The Balaban J connectivity index is 2.07. The third kappa shape index (κ3) is 3.51. The fourth-order valence-corrected chi connectivity index (χ4v) is 2.54. The van der Waals surface area contributed by atoms with Crippen molar-refractivity contribution >= 4 is 5.97 Å². The second kappa shape index (κ2) is 7.69. The Bertz CT molecular complexity index is 906. The number of carbonyl (C=O) groups excluding carboxylic acids is 1. The highest BCUT2D eigenvalue weighted by molar-refractivity contribution is 5.71. The normalized spacial score (nSPS) is 10.4. The minimum atomic E-state index is -0.397. The van der Waals surface area contributed by atoms with Crippen LogP contribution in [0.1, 0.15) is 0 Å². The minimum absolute atomic E-state index is 0.0268. The van der Waals surface area contributed by atoms with Gasteiger partial charge in [0.1, 0.15) is 6.54 Å². The Morgan fingerprint density at radius 1 is 0.962 bits per heavy atom. The van der Waals surface area contributed by atoms with Gasteiger partial charge in [0.15, 0.2) is 23.1 Å². The lowest BCUT2D eigenvalue weighted by molar-refractivity contribution is -0.141. The highest BCUT2D eigenvalue weighted by Gasteiger charge is 2.17. The van der Waals surface area contributed by atoms with Crippen LogP contribution in [0.15, 0.2) is 48.5 Å². The third-order valence-electron chi connectivity index (χ3n) is 3.85. The maximum atomic E-state index is 11.7. The highest BCUT2D eigenvalue weighted by atomic mass is 16.5. The largest absolute Gasteiger partial charge is 0.493 e. The molecule has 0 atom stereocenters. The van der Waals surface area contributed by atoms with Crippen LogP contribution in [0.4, 0.5) is 0 Å². The Kier molecular flexibility index (Phi) is 5.17. The SMILES string of the molecule is COC(=O)Cn1nc(-c2ccc(OC)c(OC)c2)nc1-c1ccccc1. The molecule has 0 bridgehead atoms. The maximum absolute atomic E-state index is 11.7. The summed E-state index contributed by atoms with van der Waals surface area (Å²) in [5, 5.41) is 4.48. The van der Waals surface area contributed by atoms with E-state index >= 15 is 0 Å². The van der Waals surface area contributed by atoms with Gasteiger partial charge in [-0.25, -0.2) is 9.67 Å². The van der Waals surface area contributed by atoms with E-state index in [2.05, 4.69) is 10.1 Å². The number of aromatic nitrogens is 3. The van der Waals surface area contributed by atoms with Gasteiger partial charge < -0.3 is 14.2 Å². The van der Waals surface area contributed by atoms with Gasteiger partial charge in [-0.15, -0.1) is 5.10 Å². The molecule has 0 aliphatic heterocycles. The molecule has 0 aliphatic rings. The van der Waals surface area contributed by atoms with Gasteiger partial charge in [0.2, 0.25) is 0 Å². The fourth-order valence-electron chi connectivity index (χ4n) is 2.54. The molecule has 26 heavy (non-hydrogen) atoms. The first-order valence-electron chi connectivity index (χ1n) is 7.95. The van der Waals surface area contributed by atoms with Gasteiger partial charge in [-0.2, -0.15) is 0 Å². The zero-order chi connectivity index (χ0) is 18.5. The number of methoxy groups -OCH3 is 3. The average molecular weight is 353 g/mol. The molecule has 0 aliphatic carbocycles. The van der Waals surface area contributed by atoms with E-state index in [-0.39, 0.29) is 6.54 Å². The minimum Gasteiger partial charge on any atom is -0.493 e. The first-order chi connectivity index (χ1) is 12.7. The molecule has 3 aromatic rings. The quantitative estimate of drug-likeness (QED) is 0.634. The van der Waals surface area contributed by atoms with Crippen molar-refractivity contribution in [2.24, 2.45) is 0 Å². The van der Waals surface area contributed by atoms with Crippen molar-refractivity contribution < 1.29 is 19.0 Å². The first kappa shape index (κ1) is 17.5. The summed E-state index contributed by atoms with van der Waals surface area (Å²) in [6, 6.07) is 15.0. The standard InChI is InChI=1S/C19H19N3O4/c1-24-15-10-9-14(11-16(15)25-2)18-20-19(13-7-5-4-6-8-13)22(21-18)12-17(23)26-3/h4-11H,12H2,1-3H3.